The maximum Gasteiger partial charge on any atom is 0.249 e. The maximum atomic E-state index is 12.6. The molecule has 0 radical (unpaired) electrons. The minimum atomic E-state index is -0.124. The number of benzene rings is 1. The van der Waals surface area contributed by atoms with E-state index in [1.807, 2.05) is 11.0 Å². The van der Waals surface area contributed by atoms with Crippen LogP contribution in [0.15, 0.2) is 24.3 Å². The molecule has 1 aliphatic heterocycles. The van der Waals surface area contributed by atoms with Gasteiger partial charge in [-0.15, -0.1) is 0 Å². The zero-order valence-corrected chi connectivity index (χ0v) is 15.2. The zero-order valence-electron chi connectivity index (χ0n) is 15.2. The van der Waals surface area contributed by atoms with Gasteiger partial charge in [0.1, 0.15) is 6.61 Å². The Kier molecular flexibility index (Phi) is 5.74. The molecule has 2 amide bonds. The number of methoxy groups -OCH3 is 1. The Morgan fingerprint density at radius 1 is 1.24 bits per heavy atom. The highest BCUT2D eigenvalue weighted by atomic mass is 16.5. The molecular formula is C20H28N2O3. The summed E-state index contributed by atoms with van der Waals surface area (Å²) < 4.78 is 5.06. The van der Waals surface area contributed by atoms with Crippen LogP contribution in [-0.4, -0.2) is 43.5 Å². The van der Waals surface area contributed by atoms with E-state index in [1.54, 1.807) is 0 Å². The molecule has 136 valence electrons. The van der Waals surface area contributed by atoms with Gasteiger partial charge in [0.2, 0.25) is 11.8 Å². The van der Waals surface area contributed by atoms with E-state index in [-0.39, 0.29) is 30.4 Å². The fourth-order valence-electron chi connectivity index (χ4n) is 3.60. The first-order valence-electron chi connectivity index (χ1n) is 9.21. The molecule has 1 heterocycles. The molecule has 1 aromatic carbocycles. The molecule has 5 nitrogen and oxygen atoms in total. The summed E-state index contributed by atoms with van der Waals surface area (Å²) in [6.45, 7) is 3.36. The molecule has 0 aromatic heterocycles. The van der Waals surface area contributed by atoms with E-state index in [1.165, 1.54) is 25.5 Å². The molecule has 5 heteroatoms. The van der Waals surface area contributed by atoms with E-state index in [0.29, 0.717) is 12.5 Å². The van der Waals surface area contributed by atoms with Crippen LogP contribution in [0.5, 0.6) is 0 Å². The highest BCUT2D eigenvalue weighted by Crippen LogP contribution is 2.34. The van der Waals surface area contributed by atoms with Crippen LogP contribution in [0.25, 0.3) is 0 Å². The highest BCUT2D eigenvalue weighted by Gasteiger charge is 2.35. The third-order valence-electron chi connectivity index (χ3n) is 5.23. The Morgan fingerprint density at radius 3 is 2.72 bits per heavy atom. The van der Waals surface area contributed by atoms with Gasteiger partial charge in [-0.1, -0.05) is 29.8 Å². The van der Waals surface area contributed by atoms with Crippen molar-refractivity contribution >= 4 is 11.8 Å². The number of carbonyl (C=O) groups is 2. The molecule has 1 saturated carbocycles. The Balaban J connectivity index is 1.71. The number of nitrogens with zero attached hydrogens (tertiary/aromatic N) is 1. The predicted molar refractivity (Wildman–Crippen MR) is 96.0 cm³/mol. The highest BCUT2D eigenvalue weighted by molar-refractivity contribution is 5.82. The number of nitrogens with one attached hydrogen (secondary N) is 1. The van der Waals surface area contributed by atoms with E-state index in [9.17, 15) is 9.59 Å². The minimum absolute atomic E-state index is 0.0232. The summed E-state index contributed by atoms with van der Waals surface area (Å²) in [6, 6.07) is 8.30. The van der Waals surface area contributed by atoms with Crippen molar-refractivity contribution in [2.45, 2.75) is 38.6 Å². The van der Waals surface area contributed by atoms with Crippen LogP contribution in [0, 0.1) is 18.8 Å². The van der Waals surface area contributed by atoms with Crippen LogP contribution in [0.1, 0.15) is 42.9 Å². The Bertz CT molecular complexity index is 627. The van der Waals surface area contributed by atoms with Crippen molar-refractivity contribution < 1.29 is 14.3 Å². The summed E-state index contributed by atoms with van der Waals surface area (Å²) in [6.07, 6.45) is 4.06. The number of carbonyl (C=O) groups excluding carboxylic acids is 2. The van der Waals surface area contributed by atoms with Crippen molar-refractivity contribution in [2.24, 2.45) is 11.8 Å². The van der Waals surface area contributed by atoms with Gasteiger partial charge in [0, 0.05) is 20.2 Å². The van der Waals surface area contributed by atoms with E-state index in [4.69, 9.17) is 4.74 Å². The Hall–Kier alpha value is -1.88. The molecule has 1 saturated heterocycles. The standard InChI is InChI=1S/C20H28N2O3/c1-14-4-3-5-16(10-14)18-9-8-17(12-22(18)19(23)13-25-2)20(24)21-11-15-6-7-15/h3-5,10,15,17-18H,6-9,11-13H2,1-2H3,(H,21,24)/t17-,18+/m1/s1. The number of aryl methyl sites for hydroxylation is 1. The Labute approximate surface area is 149 Å². The second kappa shape index (κ2) is 8.00. The SMILES string of the molecule is COCC(=O)N1C[C@H](C(=O)NCC2CC2)CC[C@H]1c1cccc(C)c1. The summed E-state index contributed by atoms with van der Waals surface area (Å²) in [7, 11) is 1.53. The molecule has 2 atom stereocenters. The average Bonchev–Trinajstić information content (AvgIpc) is 3.44. The first-order chi connectivity index (χ1) is 12.1. The van der Waals surface area contributed by atoms with Gasteiger partial charge < -0.3 is 15.0 Å². The Morgan fingerprint density at radius 2 is 2.04 bits per heavy atom. The van der Waals surface area contributed by atoms with Crippen LogP contribution >= 0.6 is 0 Å². The third kappa shape index (κ3) is 4.60. The molecular weight excluding hydrogens is 316 g/mol. The fourth-order valence-corrected chi connectivity index (χ4v) is 3.60. The van der Waals surface area contributed by atoms with Gasteiger partial charge in [-0.05, 0) is 44.1 Å². The number of likely N-dealkylation sites (tertiary alicyclic amines) is 1. The van der Waals surface area contributed by atoms with Crippen LogP contribution in [0.2, 0.25) is 0 Å². The van der Waals surface area contributed by atoms with Gasteiger partial charge in [0.25, 0.3) is 0 Å². The van der Waals surface area contributed by atoms with Gasteiger partial charge in [-0.2, -0.15) is 0 Å². The van der Waals surface area contributed by atoms with E-state index >= 15 is 0 Å². The number of amides is 2. The zero-order chi connectivity index (χ0) is 17.8. The van der Waals surface area contributed by atoms with E-state index < -0.39 is 0 Å². The smallest absolute Gasteiger partial charge is 0.249 e. The maximum absolute atomic E-state index is 12.6. The van der Waals surface area contributed by atoms with Crippen molar-refractivity contribution in [1.82, 2.24) is 10.2 Å². The second-order valence-electron chi connectivity index (χ2n) is 7.37. The van der Waals surface area contributed by atoms with E-state index in [0.717, 1.165) is 24.9 Å². The number of rotatable bonds is 6. The monoisotopic (exact) mass is 344 g/mol. The van der Waals surface area contributed by atoms with Gasteiger partial charge in [0.05, 0.1) is 12.0 Å². The number of ether oxygens (including phenoxy) is 1. The van der Waals surface area contributed by atoms with Crippen molar-refractivity contribution in [1.29, 1.82) is 0 Å². The average molecular weight is 344 g/mol. The van der Waals surface area contributed by atoms with Crippen molar-refractivity contribution in [3.8, 4) is 0 Å². The quantitative estimate of drug-likeness (QED) is 0.862. The summed E-state index contributed by atoms with van der Waals surface area (Å²) in [4.78, 5) is 26.9. The lowest BCUT2D eigenvalue weighted by Crippen LogP contribution is -2.48. The largest absolute Gasteiger partial charge is 0.375 e. The van der Waals surface area contributed by atoms with Crippen LogP contribution in [0.4, 0.5) is 0 Å². The second-order valence-corrected chi connectivity index (χ2v) is 7.37. The molecule has 0 spiro atoms. The molecule has 2 fully saturated rings. The molecule has 3 rings (SSSR count). The molecule has 1 aromatic rings. The van der Waals surface area contributed by atoms with E-state index in [2.05, 4.69) is 30.4 Å². The topological polar surface area (TPSA) is 58.6 Å². The first-order valence-corrected chi connectivity index (χ1v) is 9.21. The molecule has 1 aliphatic carbocycles. The van der Waals surface area contributed by atoms with Crippen LogP contribution in [-0.2, 0) is 14.3 Å². The van der Waals surface area contributed by atoms with Crippen molar-refractivity contribution in [3.63, 3.8) is 0 Å². The lowest BCUT2D eigenvalue weighted by molar-refractivity contribution is -0.142. The summed E-state index contributed by atoms with van der Waals surface area (Å²) in [5.41, 5.74) is 2.32. The minimum Gasteiger partial charge on any atom is -0.375 e. The van der Waals surface area contributed by atoms with Gasteiger partial charge >= 0.3 is 0 Å². The summed E-state index contributed by atoms with van der Waals surface area (Å²) >= 11 is 0. The van der Waals surface area contributed by atoms with Crippen molar-refractivity contribution in [3.05, 3.63) is 35.4 Å². The number of piperidine rings is 1. The number of hydrogen-bond donors (Lipinski definition) is 1. The van der Waals surface area contributed by atoms with Crippen molar-refractivity contribution in [2.75, 3.05) is 26.8 Å². The predicted octanol–water partition coefficient (Wildman–Crippen LogP) is 2.45. The molecule has 25 heavy (non-hydrogen) atoms. The molecule has 1 N–H and O–H groups in total. The van der Waals surface area contributed by atoms with Gasteiger partial charge in [-0.25, -0.2) is 0 Å². The third-order valence-corrected chi connectivity index (χ3v) is 5.23. The normalized spacial score (nSPS) is 23.4. The lowest BCUT2D eigenvalue weighted by Gasteiger charge is -2.39. The fraction of sp³-hybridized carbons (Fsp3) is 0.600. The molecule has 2 aliphatic rings. The van der Waals surface area contributed by atoms with Gasteiger partial charge in [-0.3, -0.25) is 9.59 Å². The van der Waals surface area contributed by atoms with Crippen LogP contribution in [0.3, 0.4) is 0 Å². The van der Waals surface area contributed by atoms with Crippen LogP contribution < -0.4 is 5.32 Å². The summed E-state index contributed by atoms with van der Waals surface area (Å²) in [5, 5.41) is 3.06. The first kappa shape index (κ1) is 17.9. The molecule has 0 unspecified atom stereocenters. The molecule has 0 bridgehead atoms. The lowest BCUT2D eigenvalue weighted by atomic mass is 9.88. The number of hydrogen-bond acceptors (Lipinski definition) is 3. The summed E-state index contributed by atoms with van der Waals surface area (Å²) in [5.74, 6) is 0.581. The van der Waals surface area contributed by atoms with Gasteiger partial charge in [0.15, 0.2) is 0 Å².